The highest BCUT2D eigenvalue weighted by Gasteiger charge is 2.33. The smallest absolute Gasteiger partial charge is 0.271 e. The predicted molar refractivity (Wildman–Crippen MR) is 90.5 cm³/mol. The van der Waals surface area contributed by atoms with Crippen LogP contribution in [0.15, 0.2) is 48.7 Å². The molecule has 0 radical (unpaired) electrons. The van der Waals surface area contributed by atoms with Crippen LogP contribution in [-0.4, -0.2) is 20.7 Å². The molecule has 1 aliphatic rings. The summed E-state index contributed by atoms with van der Waals surface area (Å²) in [5, 5.41) is 16.3. The Labute approximate surface area is 143 Å². The third kappa shape index (κ3) is 3.36. The largest absolute Gasteiger partial charge is 0.310 e. The Morgan fingerprint density at radius 1 is 1.24 bits per heavy atom. The van der Waals surface area contributed by atoms with Gasteiger partial charge in [-0.3, -0.25) is 10.1 Å². The highest BCUT2D eigenvalue weighted by atomic mass is 19.1. The van der Waals surface area contributed by atoms with Crippen molar-refractivity contribution in [1.29, 1.82) is 0 Å². The number of hydrogen-bond donors (Lipinski definition) is 1. The first kappa shape index (κ1) is 15.7. The second kappa shape index (κ2) is 6.25. The molecule has 0 bridgehead atoms. The SMILES string of the molecule is O=[N+]([O-])c1ccc2cnn(C[NH+](Cc3ccc(F)cc3)C3CC3)c2c1. The zero-order chi connectivity index (χ0) is 17.4. The van der Waals surface area contributed by atoms with Crippen molar-refractivity contribution >= 4 is 16.6 Å². The van der Waals surface area contributed by atoms with Gasteiger partial charge in [0.25, 0.3) is 5.69 Å². The maximum atomic E-state index is 13.1. The summed E-state index contributed by atoms with van der Waals surface area (Å²) in [6.07, 6.45) is 4.06. The minimum absolute atomic E-state index is 0.0701. The second-order valence-corrected chi connectivity index (χ2v) is 6.54. The molecule has 7 heteroatoms. The van der Waals surface area contributed by atoms with Crippen LogP contribution in [0, 0.1) is 15.9 Å². The number of non-ortho nitro benzene ring substituents is 1. The molecule has 1 unspecified atom stereocenters. The van der Waals surface area contributed by atoms with Crippen LogP contribution in [0.5, 0.6) is 0 Å². The van der Waals surface area contributed by atoms with Crippen molar-refractivity contribution in [3.63, 3.8) is 0 Å². The van der Waals surface area contributed by atoms with E-state index in [0.29, 0.717) is 12.7 Å². The Bertz CT molecular complexity index is 918. The Balaban J connectivity index is 1.60. The van der Waals surface area contributed by atoms with Crippen molar-refractivity contribution in [1.82, 2.24) is 9.78 Å². The lowest BCUT2D eigenvalue weighted by molar-refractivity contribution is -0.947. The summed E-state index contributed by atoms with van der Waals surface area (Å²) in [7, 11) is 0. The van der Waals surface area contributed by atoms with Crippen molar-refractivity contribution in [3.05, 3.63) is 70.2 Å². The van der Waals surface area contributed by atoms with E-state index in [1.54, 1.807) is 18.3 Å². The summed E-state index contributed by atoms with van der Waals surface area (Å²) >= 11 is 0. The molecule has 1 aliphatic carbocycles. The topological polar surface area (TPSA) is 65.4 Å². The molecule has 1 saturated carbocycles. The predicted octanol–water partition coefficient (Wildman–Crippen LogP) is 2.29. The lowest BCUT2D eigenvalue weighted by Crippen LogP contribution is -3.11. The lowest BCUT2D eigenvalue weighted by atomic mass is 10.2. The fraction of sp³-hybridized carbons (Fsp3) is 0.278. The minimum Gasteiger partial charge on any atom is -0.310 e. The van der Waals surface area contributed by atoms with Crippen LogP contribution in [0.3, 0.4) is 0 Å². The standard InChI is InChI=1S/C18H17FN4O2/c19-15-4-1-13(2-5-15)11-21(16-7-8-16)12-22-18-9-17(23(24)25)6-3-14(18)10-20-22/h1-6,9-10,16H,7-8,11-12H2/p+1. The average molecular weight is 341 g/mol. The molecule has 0 saturated heterocycles. The monoisotopic (exact) mass is 341 g/mol. The number of quaternary nitrogens is 1. The molecule has 6 nitrogen and oxygen atoms in total. The molecule has 3 aromatic rings. The Morgan fingerprint density at radius 2 is 2.00 bits per heavy atom. The van der Waals surface area contributed by atoms with Gasteiger partial charge in [-0.2, -0.15) is 5.10 Å². The molecule has 0 aliphatic heterocycles. The van der Waals surface area contributed by atoms with Crippen LogP contribution in [0.2, 0.25) is 0 Å². The number of halogens is 1. The Kier molecular flexibility index (Phi) is 3.93. The molecular weight excluding hydrogens is 323 g/mol. The van der Waals surface area contributed by atoms with Crippen molar-refractivity contribution in [3.8, 4) is 0 Å². The molecule has 2 aromatic carbocycles. The molecule has 4 rings (SSSR count). The summed E-state index contributed by atoms with van der Waals surface area (Å²) in [5.41, 5.74) is 1.91. The zero-order valence-corrected chi connectivity index (χ0v) is 13.6. The van der Waals surface area contributed by atoms with Gasteiger partial charge in [0.05, 0.1) is 22.7 Å². The van der Waals surface area contributed by atoms with Crippen molar-refractivity contribution in [2.24, 2.45) is 0 Å². The molecule has 1 fully saturated rings. The number of fused-ring (bicyclic) bond motifs is 1. The third-order valence-corrected chi connectivity index (χ3v) is 4.69. The Morgan fingerprint density at radius 3 is 2.68 bits per heavy atom. The van der Waals surface area contributed by atoms with Gasteiger partial charge >= 0.3 is 0 Å². The fourth-order valence-electron chi connectivity index (χ4n) is 3.18. The van der Waals surface area contributed by atoms with E-state index >= 15 is 0 Å². The van der Waals surface area contributed by atoms with Gasteiger partial charge in [0, 0.05) is 35.9 Å². The molecular formula is C18H18FN4O2+. The number of rotatable bonds is 6. The number of aromatic nitrogens is 2. The van der Waals surface area contributed by atoms with Crippen molar-refractivity contribution < 1.29 is 14.2 Å². The quantitative estimate of drug-likeness (QED) is 0.553. The van der Waals surface area contributed by atoms with Crippen LogP contribution in [0.1, 0.15) is 18.4 Å². The first-order valence-electron chi connectivity index (χ1n) is 8.29. The summed E-state index contributed by atoms with van der Waals surface area (Å²) in [4.78, 5) is 12.0. The van der Waals surface area contributed by atoms with Gasteiger partial charge in [-0.1, -0.05) is 12.1 Å². The molecule has 0 amide bonds. The van der Waals surface area contributed by atoms with Crippen LogP contribution < -0.4 is 4.90 Å². The normalized spacial score (nSPS) is 15.4. The molecule has 25 heavy (non-hydrogen) atoms. The molecule has 1 atom stereocenters. The van der Waals surface area contributed by atoms with Gasteiger partial charge < -0.3 is 4.90 Å². The highest BCUT2D eigenvalue weighted by Crippen LogP contribution is 2.21. The van der Waals surface area contributed by atoms with E-state index in [1.807, 2.05) is 16.8 Å². The molecule has 0 spiro atoms. The number of hydrogen-bond acceptors (Lipinski definition) is 3. The van der Waals surface area contributed by atoms with Gasteiger partial charge in [-0.05, 0) is 18.2 Å². The van der Waals surface area contributed by atoms with Crippen LogP contribution in [0.4, 0.5) is 10.1 Å². The minimum atomic E-state index is -0.388. The summed E-state index contributed by atoms with van der Waals surface area (Å²) in [6, 6.07) is 11.9. The highest BCUT2D eigenvalue weighted by molar-refractivity contribution is 5.80. The molecule has 1 aromatic heterocycles. The van der Waals surface area contributed by atoms with E-state index in [-0.39, 0.29) is 16.4 Å². The number of nitrogens with one attached hydrogen (secondary N) is 1. The number of nitrogens with zero attached hydrogens (tertiary/aromatic N) is 3. The van der Waals surface area contributed by atoms with Crippen LogP contribution in [0.25, 0.3) is 10.9 Å². The Hall–Kier alpha value is -2.80. The molecule has 1 heterocycles. The first-order chi connectivity index (χ1) is 12.1. The van der Waals surface area contributed by atoms with Gasteiger partial charge in [-0.25, -0.2) is 9.07 Å². The van der Waals surface area contributed by atoms with E-state index in [9.17, 15) is 14.5 Å². The second-order valence-electron chi connectivity index (χ2n) is 6.54. The number of nitro benzene ring substituents is 1. The summed E-state index contributed by atoms with van der Waals surface area (Å²) < 4.78 is 14.9. The van der Waals surface area contributed by atoms with E-state index in [4.69, 9.17) is 0 Å². The zero-order valence-electron chi connectivity index (χ0n) is 13.6. The van der Waals surface area contributed by atoms with E-state index in [0.717, 1.165) is 35.9 Å². The third-order valence-electron chi connectivity index (χ3n) is 4.69. The van der Waals surface area contributed by atoms with Gasteiger partial charge in [-0.15, -0.1) is 0 Å². The van der Waals surface area contributed by atoms with E-state index in [2.05, 4.69) is 5.10 Å². The first-order valence-corrected chi connectivity index (χ1v) is 8.29. The van der Waals surface area contributed by atoms with E-state index in [1.165, 1.54) is 23.1 Å². The summed E-state index contributed by atoms with van der Waals surface area (Å²) in [5.74, 6) is -0.234. The van der Waals surface area contributed by atoms with E-state index < -0.39 is 0 Å². The van der Waals surface area contributed by atoms with Gasteiger partial charge in [0.15, 0.2) is 6.67 Å². The maximum absolute atomic E-state index is 13.1. The number of benzene rings is 2. The summed E-state index contributed by atoms with van der Waals surface area (Å²) in [6.45, 7) is 1.41. The molecule has 1 N–H and O–H groups in total. The average Bonchev–Trinajstić information content (AvgIpc) is 3.38. The van der Waals surface area contributed by atoms with Crippen LogP contribution >= 0.6 is 0 Å². The van der Waals surface area contributed by atoms with Crippen molar-refractivity contribution in [2.45, 2.75) is 32.1 Å². The van der Waals surface area contributed by atoms with Gasteiger partial charge in [0.1, 0.15) is 12.4 Å². The van der Waals surface area contributed by atoms with Gasteiger partial charge in [0.2, 0.25) is 0 Å². The fourth-order valence-corrected chi connectivity index (χ4v) is 3.18. The van der Waals surface area contributed by atoms with Crippen molar-refractivity contribution in [2.75, 3.05) is 0 Å². The molecule has 128 valence electrons. The lowest BCUT2D eigenvalue weighted by Gasteiger charge is -2.19. The maximum Gasteiger partial charge on any atom is 0.271 e. The van der Waals surface area contributed by atoms with Crippen LogP contribution in [-0.2, 0) is 13.2 Å². The number of nitro groups is 1.